The molecular weight excluding hydrogens is 176 g/mol. The van der Waals surface area contributed by atoms with Gasteiger partial charge in [0.25, 0.3) is 0 Å². The van der Waals surface area contributed by atoms with Gasteiger partial charge in [0.05, 0.1) is 13.2 Å². The van der Waals surface area contributed by atoms with Gasteiger partial charge in [0, 0.05) is 17.6 Å². The Morgan fingerprint density at radius 1 is 1.50 bits per heavy atom. The van der Waals surface area contributed by atoms with Crippen molar-refractivity contribution in [2.75, 3.05) is 25.6 Å². The maximum absolute atomic E-state index is 8.65. The molecule has 4 heteroatoms. The molecule has 0 bridgehead atoms. The van der Waals surface area contributed by atoms with Crippen LogP contribution in [-0.2, 0) is 9.47 Å². The highest BCUT2D eigenvalue weighted by Gasteiger charge is 2.16. The Kier molecular flexibility index (Phi) is 4.99. The summed E-state index contributed by atoms with van der Waals surface area (Å²) in [6.45, 7) is 3.82. The minimum Gasteiger partial charge on any atom is -0.396 e. The predicted molar refractivity (Wildman–Crippen MR) is 49.3 cm³/mol. The van der Waals surface area contributed by atoms with Gasteiger partial charge in [-0.3, -0.25) is 0 Å². The van der Waals surface area contributed by atoms with E-state index < -0.39 is 0 Å². The summed E-state index contributed by atoms with van der Waals surface area (Å²) in [7, 11) is 0. The number of ether oxygens (including phenoxy) is 2. The molecule has 1 saturated heterocycles. The van der Waals surface area contributed by atoms with Crippen molar-refractivity contribution in [1.82, 2.24) is 0 Å². The SMILES string of the molecule is CC(CCO)SCC1OCCO1. The Balaban J connectivity index is 1.99. The highest BCUT2D eigenvalue weighted by molar-refractivity contribution is 7.99. The van der Waals surface area contributed by atoms with Gasteiger partial charge in [-0.2, -0.15) is 11.8 Å². The lowest BCUT2D eigenvalue weighted by Crippen LogP contribution is -2.13. The van der Waals surface area contributed by atoms with Gasteiger partial charge in [-0.15, -0.1) is 0 Å². The van der Waals surface area contributed by atoms with E-state index in [0.717, 1.165) is 25.4 Å². The number of rotatable bonds is 5. The molecule has 1 N–H and O–H groups in total. The number of hydrogen-bond acceptors (Lipinski definition) is 4. The molecule has 3 nitrogen and oxygen atoms in total. The lowest BCUT2D eigenvalue weighted by atomic mass is 10.3. The van der Waals surface area contributed by atoms with Crippen molar-refractivity contribution in [1.29, 1.82) is 0 Å². The average molecular weight is 192 g/mol. The fraction of sp³-hybridized carbons (Fsp3) is 1.00. The summed E-state index contributed by atoms with van der Waals surface area (Å²) >= 11 is 1.79. The molecule has 0 saturated carbocycles. The van der Waals surface area contributed by atoms with E-state index >= 15 is 0 Å². The minimum atomic E-state index is -0.0175. The maximum Gasteiger partial charge on any atom is 0.166 e. The molecule has 0 radical (unpaired) electrons. The molecule has 1 atom stereocenters. The van der Waals surface area contributed by atoms with Gasteiger partial charge in [-0.1, -0.05) is 6.92 Å². The zero-order valence-electron chi connectivity index (χ0n) is 7.36. The number of aliphatic hydroxyl groups excluding tert-OH is 1. The van der Waals surface area contributed by atoms with Crippen molar-refractivity contribution in [2.24, 2.45) is 0 Å². The molecule has 1 rings (SSSR count). The Morgan fingerprint density at radius 3 is 2.75 bits per heavy atom. The molecular formula is C8H16O3S. The second kappa shape index (κ2) is 5.80. The standard InChI is InChI=1S/C8H16O3S/c1-7(2-3-9)12-6-8-10-4-5-11-8/h7-9H,2-6H2,1H3. The summed E-state index contributed by atoms with van der Waals surface area (Å²) in [5.74, 6) is 0.876. The Labute approximate surface area is 77.4 Å². The van der Waals surface area contributed by atoms with Gasteiger partial charge in [-0.05, 0) is 6.42 Å². The third-order valence-corrected chi connectivity index (χ3v) is 3.01. The molecule has 1 heterocycles. The monoisotopic (exact) mass is 192 g/mol. The van der Waals surface area contributed by atoms with Crippen LogP contribution in [0.4, 0.5) is 0 Å². The first-order chi connectivity index (χ1) is 5.83. The molecule has 0 aromatic heterocycles. The molecule has 0 aliphatic carbocycles. The normalized spacial score (nSPS) is 21.5. The first-order valence-corrected chi connectivity index (χ1v) is 5.33. The molecule has 1 unspecified atom stereocenters. The number of thioether (sulfide) groups is 1. The van der Waals surface area contributed by atoms with Crippen LogP contribution in [-0.4, -0.2) is 42.2 Å². The number of hydrogen-bond donors (Lipinski definition) is 1. The molecule has 12 heavy (non-hydrogen) atoms. The van der Waals surface area contributed by atoms with E-state index in [-0.39, 0.29) is 12.9 Å². The van der Waals surface area contributed by atoms with E-state index in [2.05, 4.69) is 6.92 Å². The summed E-state index contributed by atoms with van der Waals surface area (Å²) in [5.41, 5.74) is 0. The van der Waals surface area contributed by atoms with Crippen LogP contribution in [0.15, 0.2) is 0 Å². The predicted octanol–water partition coefficient (Wildman–Crippen LogP) is 0.863. The van der Waals surface area contributed by atoms with Crippen LogP contribution in [0, 0.1) is 0 Å². The van der Waals surface area contributed by atoms with E-state index in [1.807, 2.05) is 0 Å². The van der Waals surface area contributed by atoms with Crippen molar-refractivity contribution in [3.8, 4) is 0 Å². The fourth-order valence-corrected chi connectivity index (χ4v) is 1.96. The first-order valence-electron chi connectivity index (χ1n) is 4.28. The zero-order valence-corrected chi connectivity index (χ0v) is 8.18. The molecule has 72 valence electrons. The maximum atomic E-state index is 8.65. The topological polar surface area (TPSA) is 38.7 Å². The molecule has 1 fully saturated rings. The van der Waals surface area contributed by atoms with E-state index in [9.17, 15) is 0 Å². The molecule has 0 aromatic rings. The second-order valence-electron chi connectivity index (χ2n) is 2.83. The molecule has 0 amide bonds. The smallest absolute Gasteiger partial charge is 0.166 e. The van der Waals surface area contributed by atoms with Crippen LogP contribution in [0.1, 0.15) is 13.3 Å². The van der Waals surface area contributed by atoms with Crippen molar-refractivity contribution in [3.63, 3.8) is 0 Å². The van der Waals surface area contributed by atoms with Crippen LogP contribution in [0.3, 0.4) is 0 Å². The van der Waals surface area contributed by atoms with Crippen LogP contribution in [0.5, 0.6) is 0 Å². The lowest BCUT2D eigenvalue weighted by Gasteiger charge is -2.12. The van der Waals surface area contributed by atoms with Crippen molar-refractivity contribution in [3.05, 3.63) is 0 Å². The summed E-state index contributed by atoms with van der Waals surface area (Å²) in [6, 6.07) is 0. The second-order valence-corrected chi connectivity index (χ2v) is 4.30. The summed E-state index contributed by atoms with van der Waals surface area (Å²) in [4.78, 5) is 0. The van der Waals surface area contributed by atoms with Gasteiger partial charge < -0.3 is 14.6 Å². The van der Waals surface area contributed by atoms with Crippen LogP contribution in [0.2, 0.25) is 0 Å². The van der Waals surface area contributed by atoms with Gasteiger partial charge in [0.15, 0.2) is 6.29 Å². The van der Waals surface area contributed by atoms with E-state index in [1.165, 1.54) is 0 Å². The van der Waals surface area contributed by atoms with Gasteiger partial charge >= 0.3 is 0 Å². The highest BCUT2D eigenvalue weighted by Crippen LogP contribution is 2.18. The molecule has 1 aliphatic heterocycles. The van der Waals surface area contributed by atoms with E-state index in [4.69, 9.17) is 14.6 Å². The highest BCUT2D eigenvalue weighted by atomic mass is 32.2. The molecule has 0 spiro atoms. The molecule has 0 aromatic carbocycles. The Morgan fingerprint density at radius 2 is 2.17 bits per heavy atom. The fourth-order valence-electron chi connectivity index (χ4n) is 1.01. The number of aliphatic hydroxyl groups is 1. The first kappa shape index (κ1) is 10.3. The third-order valence-electron chi connectivity index (χ3n) is 1.74. The van der Waals surface area contributed by atoms with Crippen molar-refractivity contribution >= 4 is 11.8 Å². The minimum absolute atomic E-state index is 0.0175. The van der Waals surface area contributed by atoms with Gasteiger partial charge in [0.1, 0.15) is 0 Å². The summed E-state index contributed by atoms with van der Waals surface area (Å²) in [6.07, 6.45) is 0.827. The Bertz CT molecular complexity index is 115. The lowest BCUT2D eigenvalue weighted by molar-refractivity contribution is -0.0215. The zero-order chi connectivity index (χ0) is 8.81. The van der Waals surface area contributed by atoms with Crippen LogP contribution in [0.25, 0.3) is 0 Å². The van der Waals surface area contributed by atoms with E-state index in [0.29, 0.717) is 5.25 Å². The summed E-state index contributed by atoms with van der Waals surface area (Å²) in [5, 5.41) is 9.14. The van der Waals surface area contributed by atoms with Crippen LogP contribution < -0.4 is 0 Å². The van der Waals surface area contributed by atoms with E-state index in [1.54, 1.807) is 11.8 Å². The molecule has 1 aliphatic rings. The van der Waals surface area contributed by atoms with Crippen LogP contribution >= 0.6 is 11.8 Å². The van der Waals surface area contributed by atoms with Gasteiger partial charge in [0.2, 0.25) is 0 Å². The quantitative estimate of drug-likeness (QED) is 0.701. The van der Waals surface area contributed by atoms with Gasteiger partial charge in [-0.25, -0.2) is 0 Å². The summed E-state index contributed by atoms with van der Waals surface area (Å²) < 4.78 is 10.6. The Hall–Kier alpha value is 0.230. The van der Waals surface area contributed by atoms with Crippen molar-refractivity contribution in [2.45, 2.75) is 24.9 Å². The third kappa shape index (κ3) is 3.76. The average Bonchev–Trinajstić information content (AvgIpc) is 2.53. The largest absolute Gasteiger partial charge is 0.396 e. The van der Waals surface area contributed by atoms with Crippen molar-refractivity contribution < 1.29 is 14.6 Å².